The van der Waals surface area contributed by atoms with Crippen molar-refractivity contribution in [2.75, 3.05) is 5.32 Å². The quantitative estimate of drug-likeness (QED) is 0.543. The average Bonchev–Trinajstić information content (AvgIpc) is 3.16. The van der Waals surface area contributed by atoms with Crippen LogP contribution in [-0.2, 0) is 0 Å². The van der Waals surface area contributed by atoms with Crippen LogP contribution in [0.3, 0.4) is 0 Å². The SMILES string of the molecule is Cc1c([N+](=O)[O-])cc(C(=O)Nc2ccc(-n3ccnc3)cc2)cc1[N+](=O)[O-]. The van der Waals surface area contributed by atoms with Crippen molar-refractivity contribution in [2.45, 2.75) is 6.92 Å². The van der Waals surface area contributed by atoms with Gasteiger partial charge >= 0.3 is 0 Å². The van der Waals surface area contributed by atoms with Gasteiger partial charge in [0.2, 0.25) is 0 Å². The maximum absolute atomic E-state index is 12.4. The van der Waals surface area contributed by atoms with Gasteiger partial charge in [-0.05, 0) is 31.2 Å². The molecule has 0 fully saturated rings. The molecule has 1 aromatic heterocycles. The van der Waals surface area contributed by atoms with E-state index in [0.717, 1.165) is 17.8 Å². The summed E-state index contributed by atoms with van der Waals surface area (Å²) >= 11 is 0. The van der Waals surface area contributed by atoms with Gasteiger partial charge in [0.1, 0.15) is 5.56 Å². The molecule has 0 saturated heterocycles. The minimum Gasteiger partial charge on any atom is -0.322 e. The van der Waals surface area contributed by atoms with E-state index in [1.54, 1.807) is 47.6 Å². The molecule has 27 heavy (non-hydrogen) atoms. The van der Waals surface area contributed by atoms with Gasteiger partial charge in [0.05, 0.1) is 21.7 Å². The molecule has 3 aromatic rings. The Bertz CT molecular complexity index is 993. The smallest absolute Gasteiger partial charge is 0.279 e. The third-order valence-corrected chi connectivity index (χ3v) is 3.94. The lowest BCUT2D eigenvalue weighted by atomic mass is 10.1. The van der Waals surface area contributed by atoms with Gasteiger partial charge in [-0.25, -0.2) is 4.98 Å². The van der Waals surface area contributed by atoms with Crippen molar-refractivity contribution in [2.24, 2.45) is 0 Å². The van der Waals surface area contributed by atoms with Gasteiger partial charge in [-0.15, -0.1) is 0 Å². The normalized spacial score (nSPS) is 10.4. The maximum Gasteiger partial charge on any atom is 0.279 e. The van der Waals surface area contributed by atoms with Crippen LogP contribution in [0.2, 0.25) is 0 Å². The first-order valence-electron chi connectivity index (χ1n) is 7.70. The zero-order valence-corrected chi connectivity index (χ0v) is 14.0. The Balaban J connectivity index is 1.87. The summed E-state index contributed by atoms with van der Waals surface area (Å²) in [6, 6.07) is 8.83. The highest BCUT2D eigenvalue weighted by Gasteiger charge is 2.25. The number of nitrogens with one attached hydrogen (secondary N) is 1. The van der Waals surface area contributed by atoms with Crippen LogP contribution in [0.15, 0.2) is 55.1 Å². The molecule has 0 radical (unpaired) electrons. The zero-order valence-electron chi connectivity index (χ0n) is 14.0. The molecule has 1 heterocycles. The molecule has 136 valence electrons. The molecule has 0 aliphatic carbocycles. The van der Waals surface area contributed by atoms with Gasteiger partial charge in [0.15, 0.2) is 0 Å². The van der Waals surface area contributed by atoms with Crippen LogP contribution in [-0.4, -0.2) is 25.3 Å². The third-order valence-electron chi connectivity index (χ3n) is 3.94. The van der Waals surface area contributed by atoms with Crippen molar-refractivity contribution in [3.63, 3.8) is 0 Å². The number of amides is 1. The van der Waals surface area contributed by atoms with Crippen LogP contribution >= 0.6 is 0 Å². The molecule has 0 bridgehead atoms. The number of nitro groups is 2. The van der Waals surface area contributed by atoms with E-state index >= 15 is 0 Å². The maximum atomic E-state index is 12.4. The second-order valence-corrected chi connectivity index (χ2v) is 5.62. The lowest BCUT2D eigenvalue weighted by Gasteiger charge is -2.08. The molecule has 0 aliphatic rings. The van der Waals surface area contributed by atoms with Crippen molar-refractivity contribution in [3.05, 3.63) is 86.5 Å². The number of anilines is 1. The van der Waals surface area contributed by atoms with Crippen molar-refractivity contribution < 1.29 is 14.6 Å². The first-order chi connectivity index (χ1) is 12.9. The van der Waals surface area contributed by atoms with Gasteiger partial charge in [-0.1, -0.05) is 0 Å². The lowest BCUT2D eigenvalue weighted by Crippen LogP contribution is -2.13. The first kappa shape index (κ1) is 17.7. The highest BCUT2D eigenvalue weighted by atomic mass is 16.6. The summed E-state index contributed by atoms with van der Waals surface area (Å²) in [6.07, 6.45) is 5.02. The zero-order chi connectivity index (χ0) is 19.6. The van der Waals surface area contributed by atoms with Crippen LogP contribution in [0.4, 0.5) is 17.1 Å². The molecule has 2 aromatic carbocycles. The largest absolute Gasteiger partial charge is 0.322 e. The van der Waals surface area contributed by atoms with Crippen LogP contribution in [0.5, 0.6) is 0 Å². The number of rotatable bonds is 5. The molecule has 1 amide bonds. The van der Waals surface area contributed by atoms with Crippen LogP contribution in [0.1, 0.15) is 15.9 Å². The van der Waals surface area contributed by atoms with Gasteiger partial charge in [-0.2, -0.15) is 0 Å². The summed E-state index contributed by atoms with van der Waals surface area (Å²) in [5.74, 6) is -0.684. The number of imidazole rings is 1. The Labute approximate surface area is 152 Å². The molecule has 1 N–H and O–H groups in total. The molecule has 3 rings (SSSR count). The average molecular weight is 367 g/mol. The predicted molar refractivity (Wildman–Crippen MR) is 96.0 cm³/mol. The van der Waals surface area contributed by atoms with E-state index in [9.17, 15) is 25.0 Å². The van der Waals surface area contributed by atoms with E-state index in [-0.39, 0.29) is 11.1 Å². The summed E-state index contributed by atoms with van der Waals surface area (Å²) in [5, 5.41) is 24.8. The molecule has 0 unspecified atom stereocenters. The molecular formula is C17H13N5O5. The van der Waals surface area contributed by atoms with Crippen LogP contribution in [0.25, 0.3) is 5.69 Å². The molecule has 0 spiro atoms. The number of nitrogens with zero attached hydrogens (tertiary/aromatic N) is 4. The Morgan fingerprint density at radius 3 is 2.15 bits per heavy atom. The first-order valence-corrected chi connectivity index (χ1v) is 7.70. The fourth-order valence-electron chi connectivity index (χ4n) is 2.53. The topological polar surface area (TPSA) is 133 Å². The summed E-state index contributed by atoms with van der Waals surface area (Å²) in [7, 11) is 0. The number of hydrogen-bond donors (Lipinski definition) is 1. The third kappa shape index (κ3) is 3.63. The molecule has 0 atom stereocenters. The Hall–Kier alpha value is -4.08. The Kier molecular flexibility index (Phi) is 4.62. The van der Waals surface area contributed by atoms with E-state index in [4.69, 9.17) is 0 Å². The fourth-order valence-corrected chi connectivity index (χ4v) is 2.53. The fraction of sp³-hybridized carbons (Fsp3) is 0.0588. The summed E-state index contributed by atoms with van der Waals surface area (Å²) in [4.78, 5) is 37.1. The minimum absolute atomic E-state index is 0.105. The van der Waals surface area contributed by atoms with E-state index < -0.39 is 27.1 Å². The number of aromatic nitrogens is 2. The van der Waals surface area contributed by atoms with Gasteiger partial charge in [0, 0.05) is 35.9 Å². The van der Waals surface area contributed by atoms with Gasteiger partial charge in [-0.3, -0.25) is 25.0 Å². The minimum atomic E-state index is -0.751. The van der Waals surface area contributed by atoms with Crippen molar-refractivity contribution in [3.8, 4) is 5.69 Å². The van der Waals surface area contributed by atoms with E-state index in [1.165, 1.54) is 6.92 Å². The lowest BCUT2D eigenvalue weighted by molar-refractivity contribution is -0.395. The molecule has 0 aliphatic heterocycles. The molecule has 0 saturated carbocycles. The highest BCUT2D eigenvalue weighted by Crippen LogP contribution is 2.29. The Morgan fingerprint density at radius 2 is 1.67 bits per heavy atom. The molecule has 10 heteroatoms. The summed E-state index contributed by atoms with van der Waals surface area (Å²) < 4.78 is 1.78. The standard InChI is InChI=1S/C17H13N5O5/c1-11-15(21(24)25)8-12(9-16(11)22(26)27)17(23)19-13-2-4-14(5-3-13)20-7-6-18-10-20/h2-10H,1H3,(H,19,23). The number of hydrogen-bond acceptors (Lipinski definition) is 6. The Morgan fingerprint density at radius 1 is 1.07 bits per heavy atom. The summed E-state index contributed by atoms with van der Waals surface area (Å²) in [5.41, 5.74) is 0.0281. The van der Waals surface area contributed by atoms with E-state index in [0.29, 0.717) is 5.69 Å². The predicted octanol–water partition coefficient (Wildman–Crippen LogP) is 3.25. The van der Waals surface area contributed by atoms with E-state index in [1.807, 2.05) is 0 Å². The van der Waals surface area contributed by atoms with Crippen molar-refractivity contribution in [1.82, 2.24) is 9.55 Å². The molecule has 10 nitrogen and oxygen atoms in total. The number of carbonyl (C=O) groups excluding carboxylic acids is 1. The second kappa shape index (κ2) is 7.04. The second-order valence-electron chi connectivity index (χ2n) is 5.62. The van der Waals surface area contributed by atoms with Crippen molar-refractivity contribution >= 4 is 23.0 Å². The molecular weight excluding hydrogens is 354 g/mol. The highest BCUT2D eigenvalue weighted by molar-refractivity contribution is 6.05. The monoisotopic (exact) mass is 367 g/mol. The number of benzene rings is 2. The van der Waals surface area contributed by atoms with Crippen LogP contribution in [0, 0.1) is 27.2 Å². The van der Waals surface area contributed by atoms with Crippen molar-refractivity contribution in [1.29, 1.82) is 0 Å². The van der Waals surface area contributed by atoms with Gasteiger partial charge < -0.3 is 9.88 Å². The number of carbonyl (C=O) groups is 1. The van der Waals surface area contributed by atoms with Gasteiger partial charge in [0.25, 0.3) is 17.3 Å². The summed E-state index contributed by atoms with van der Waals surface area (Å²) in [6.45, 7) is 1.27. The van der Waals surface area contributed by atoms with Crippen LogP contribution < -0.4 is 5.32 Å². The van der Waals surface area contributed by atoms with E-state index in [2.05, 4.69) is 10.3 Å². The number of nitro benzene ring substituents is 2.